The molecule has 2 aliphatic rings. The van der Waals surface area contributed by atoms with Gasteiger partial charge in [0.25, 0.3) is 11.8 Å². The number of hydrogen-bond acceptors (Lipinski definition) is 4. The van der Waals surface area contributed by atoms with Crippen LogP contribution in [-0.2, 0) is 11.3 Å². The quantitative estimate of drug-likeness (QED) is 0.604. The second-order valence-electron chi connectivity index (χ2n) is 8.53. The SMILES string of the molecule is O=C(c1cn2c(n1)C(c1ccccc1)N(C(=O)COc1ccccc1)CC2)N1CCCCC1. The van der Waals surface area contributed by atoms with Crippen LogP contribution in [0.25, 0.3) is 0 Å². The molecule has 1 saturated heterocycles. The number of nitrogens with zero attached hydrogens (tertiary/aromatic N) is 4. The summed E-state index contributed by atoms with van der Waals surface area (Å²) in [6.45, 7) is 2.63. The van der Waals surface area contributed by atoms with Gasteiger partial charge in [-0.25, -0.2) is 4.98 Å². The second-order valence-corrected chi connectivity index (χ2v) is 8.53. The molecule has 2 aliphatic heterocycles. The third-order valence-corrected chi connectivity index (χ3v) is 6.35. The normalized spacial score (nSPS) is 18.0. The van der Waals surface area contributed by atoms with Crippen LogP contribution in [0.1, 0.15) is 47.2 Å². The molecule has 0 aliphatic carbocycles. The fraction of sp³-hybridized carbons (Fsp3) is 0.346. The molecule has 0 saturated carbocycles. The largest absolute Gasteiger partial charge is 0.484 e. The number of likely N-dealkylation sites (tertiary alicyclic amines) is 1. The smallest absolute Gasteiger partial charge is 0.274 e. The van der Waals surface area contributed by atoms with Gasteiger partial charge in [0, 0.05) is 32.4 Å². The Kier molecular flexibility index (Phi) is 6.11. The Balaban J connectivity index is 1.42. The van der Waals surface area contributed by atoms with Crippen LogP contribution in [0.2, 0.25) is 0 Å². The van der Waals surface area contributed by atoms with E-state index in [4.69, 9.17) is 9.72 Å². The molecule has 1 aromatic heterocycles. The molecule has 7 nitrogen and oxygen atoms in total. The van der Waals surface area contributed by atoms with E-state index in [0.29, 0.717) is 24.5 Å². The molecule has 0 bridgehead atoms. The molecule has 0 N–H and O–H groups in total. The van der Waals surface area contributed by atoms with Crippen molar-refractivity contribution in [1.29, 1.82) is 0 Å². The molecule has 1 atom stereocenters. The van der Waals surface area contributed by atoms with Crippen molar-refractivity contribution in [3.8, 4) is 5.75 Å². The van der Waals surface area contributed by atoms with E-state index in [-0.39, 0.29) is 24.5 Å². The Morgan fingerprint density at radius 2 is 1.58 bits per heavy atom. The number of rotatable bonds is 5. The summed E-state index contributed by atoms with van der Waals surface area (Å²) in [5.41, 5.74) is 1.43. The lowest BCUT2D eigenvalue weighted by molar-refractivity contribution is -0.136. The van der Waals surface area contributed by atoms with Gasteiger partial charge in [0.05, 0.1) is 0 Å². The van der Waals surface area contributed by atoms with Gasteiger partial charge >= 0.3 is 0 Å². The summed E-state index contributed by atoms with van der Waals surface area (Å²) in [4.78, 5) is 34.8. The zero-order chi connectivity index (χ0) is 22.6. The first kappa shape index (κ1) is 21.2. The van der Waals surface area contributed by atoms with Gasteiger partial charge in [-0.05, 0) is 37.0 Å². The van der Waals surface area contributed by atoms with E-state index < -0.39 is 0 Å². The van der Waals surface area contributed by atoms with Gasteiger partial charge in [-0.2, -0.15) is 0 Å². The van der Waals surface area contributed by atoms with Crippen molar-refractivity contribution in [1.82, 2.24) is 19.4 Å². The Labute approximate surface area is 193 Å². The van der Waals surface area contributed by atoms with Crippen LogP contribution in [0, 0.1) is 0 Å². The average molecular weight is 445 g/mol. The number of benzene rings is 2. The minimum Gasteiger partial charge on any atom is -0.484 e. The Bertz CT molecular complexity index is 1110. The first-order valence-corrected chi connectivity index (χ1v) is 11.6. The summed E-state index contributed by atoms with van der Waals surface area (Å²) >= 11 is 0. The predicted octanol–water partition coefficient (Wildman–Crippen LogP) is 3.52. The third kappa shape index (κ3) is 4.49. The van der Waals surface area contributed by atoms with E-state index in [1.54, 1.807) is 0 Å². The molecule has 1 fully saturated rings. The molecule has 2 amide bonds. The van der Waals surface area contributed by atoms with Gasteiger partial charge in [-0.15, -0.1) is 0 Å². The number of imidazole rings is 1. The van der Waals surface area contributed by atoms with E-state index in [1.165, 1.54) is 6.42 Å². The van der Waals surface area contributed by atoms with Crippen molar-refractivity contribution in [3.63, 3.8) is 0 Å². The van der Waals surface area contributed by atoms with E-state index in [2.05, 4.69) is 0 Å². The van der Waals surface area contributed by atoms with Crippen molar-refractivity contribution in [2.24, 2.45) is 0 Å². The van der Waals surface area contributed by atoms with Crippen LogP contribution < -0.4 is 4.74 Å². The maximum Gasteiger partial charge on any atom is 0.274 e. The fourth-order valence-corrected chi connectivity index (χ4v) is 4.65. The molecule has 0 radical (unpaired) electrons. The van der Waals surface area contributed by atoms with Gasteiger partial charge in [0.2, 0.25) is 0 Å². The van der Waals surface area contributed by atoms with Crippen LogP contribution in [0.5, 0.6) is 5.75 Å². The number of carbonyl (C=O) groups is 2. The predicted molar refractivity (Wildman–Crippen MR) is 124 cm³/mol. The molecule has 2 aromatic carbocycles. The third-order valence-electron chi connectivity index (χ3n) is 6.35. The Morgan fingerprint density at radius 3 is 2.30 bits per heavy atom. The van der Waals surface area contributed by atoms with Crippen molar-refractivity contribution in [2.45, 2.75) is 31.8 Å². The van der Waals surface area contributed by atoms with Gasteiger partial charge in [-0.1, -0.05) is 48.5 Å². The molecule has 1 unspecified atom stereocenters. The van der Waals surface area contributed by atoms with Gasteiger partial charge in [-0.3, -0.25) is 9.59 Å². The van der Waals surface area contributed by atoms with E-state index in [1.807, 2.05) is 81.2 Å². The van der Waals surface area contributed by atoms with Crippen LogP contribution in [-0.4, -0.2) is 57.4 Å². The molecule has 5 rings (SSSR count). The van der Waals surface area contributed by atoms with Crippen LogP contribution in [0.15, 0.2) is 66.9 Å². The number of carbonyl (C=O) groups excluding carboxylic acids is 2. The highest BCUT2D eigenvalue weighted by Crippen LogP contribution is 2.32. The topological polar surface area (TPSA) is 67.7 Å². The molecule has 3 heterocycles. The molecule has 170 valence electrons. The number of para-hydroxylation sites is 1. The van der Waals surface area contributed by atoms with Gasteiger partial charge in [0.15, 0.2) is 6.61 Å². The van der Waals surface area contributed by atoms with Crippen LogP contribution in [0.4, 0.5) is 0 Å². The highest BCUT2D eigenvalue weighted by molar-refractivity contribution is 5.92. The highest BCUT2D eigenvalue weighted by atomic mass is 16.5. The number of fused-ring (bicyclic) bond motifs is 1. The zero-order valence-electron chi connectivity index (χ0n) is 18.6. The number of amides is 2. The van der Waals surface area contributed by atoms with E-state index in [0.717, 1.165) is 37.3 Å². The summed E-state index contributed by atoms with van der Waals surface area (Å²) in [5, 5.41) is 0. The maximum absolute atomic E-state index is 13.2. The lowest BCUT2D eigenvalue weighted by Gasteiger charge is -2.36. The summed E-state index contributed by atoms with van der Waals surface area (Å²) in [6, 6.07) is 18.8. The Morgan fingerprint density at radius 1 is 0.879 bits per heavy atom. The average Bonchev–Trinajstić information content (AvgIpc) is 3.32. The molecule has 33 heavy (non-hydrogen) atoms. The Hall–Kier alpha value is -3.61. The van der Waals surface area contributed by atoms with E-state index in [9.17, 15) is 9.59 Å². The molecule has 0 spiro atoms. The summed E-state index contributed by atoms with van der Waals surface area (Å²) in [5.74, 6) is 1.26. The molecular weight excluding hydrogens is 416 g/mol. The lowest BCUT2D eigenvalue weighted by atomic mass is 10.0. The van der Waals surface area contributed by atoms with Crippen LogP contribution in [0.3, 0.4) is 0 Å². The van der Waals surface area contributed by atoms with E-state index >= 15 is 0 Å². The minimum absolute atomic E-state index is 0.0197. The number of hydrogen-bond donors (Lipinski definition) is 0. The minimum atomic E-state index is -0.366. The number of aromatic nitrogens is 2. The standard InChI is InChI=1S/C26H28N4O3/c31-23(19-33-21-12-6-2-7-13-21)30-17-16-29-18-22(26(32)28-14-8-3-9-15-28)27-25(29)24(30)20-10-4-1-5-11-20/h1-2,4-7,10-13,18,24H,3,8-9,14-17,19H2. The van der Waals surface area contributed by atoms with Crippen molar-refractivity contribution in [2.75, 3.05) is 26.2 Å². The maximum atomic E-state index is 13.2. The fourth-order valence-electron chi connectivity index (χ4n) is 4.65. The van der Waals surface area contributed by atoms with Gasteiger partial charge in [0.1, 0.15) is 23.3 Å². The second kappa shape index (κ2) is 9.48. The summed E-state index contributed by atoms with van der Waals surface area (Å²) in [7, 11) is 0. The molecular formula is C26H28N4O3. The summed E-state index contributed by atoms with van der Waals surface area (Å²) in [6.07, 6.45) is 5.09. The zero-order valence-corrected chi connectivity index (χ0v) is 18.6. The monoisotopic (exact) mass is 444 g/mol. The molecule has 3 aromatic rings. The lowest BCUT2D eigenvalue weighted by Crippen LogP contribution is -2.44. The molecule has 7 heteroatoms. The highest BCUT2D eigenvalue weighted by Gasteiger charge is 2.35. The van der Waals surface area contributed by atoms with Gasteiger partial charge < -0.3 is 19.1 Å². The van der Waals surface area contributed by atoms with Crippen molar-refractivity contribution < 1.29 is 14.3 Å². The van der Waals surface area contributed by atoms with Crippen molar-refractivity contribution in [3.05, 3.63) is 83.9 Å². The first-order valence-electron chi connectivity index (χ1n) is 11.6. The number of ether oxygens (including phenoxy) is 1. The van der Waals surface area contributed by atoms with Crippen LogP contribution >= 0.6 is 0 Å². The first-order chi connectivity index (χ1) is 16.2. The number of piperidine rings is 1. The van der Waals surface area contributed by atoms with Crippen molar-refractivity contribution >= 4 is 11.8 Å². The summed E-state index contributed by atoms with van der Waals surface area (Å²) < 4.78 is 7.76.